The number of hydrogen-bond donors (Lipinski definition) is 1. The van der Waals surface area contributed by atoms with Gasteiger partial charge in [-0.15, -0.1) is 0 Å². The molecule has 0 saturated heterocycles. The molecule has 1 aromatic rings. The molecule has 13 heavy (non-hydrogen) atoms. The van der Waals surface area contributed by atoms with E-state index in [0.29, 0.717) is 5.92 Å². The number of nitrogens with one attached hydrogen (secondary N) is 1. The van der Waals surface area contributed by atoms with Crippen molar-refractivity contribution in [2.24, 2.45) is 5.92 Å². The van der Waals surface area contributed by atoms with E-state index in [4.69, 9.17) is 0 Å². The maximum absolute atomic E-state index is 3.96. The van der Waals surface area contributed by atoms with Gasteiger partial charge in [0, 0.05) is 12.7 Å². The zero-order valence-electron chi connectivity index (χ0n) is 8.38. The van der Waals surface area contributed by atoms with E-state index in [1.807, 2.05) is 13.1 Å². The Morgan fingerprint density at radius 3 is 2.54 bits per heavy atom. The van der Waals surface area contributed by atoms with Crippen LogP contribution in [0.2, 0.25) is 0 Å². The van der Waals surface area contributed by atoms with E-state index in [-0.39, 0.29) is 0 Å². The molecule has 1 rings (SSSR count). The van der Waals surface area contributed by atoms with E-state index < -0.39 is 0 Å². The molecule has 0 aliphatic heterocycles. The Labute approximate surface area is 80.5 Å². The van der Waals surface area contributed by atoms with Crippen LogP contribution in [0.3, 0.4) is 0 Å². The molecule has 1 atom stereocenters. The van der Waals surface area contributed by atoms with Gasteiger partial charge < -0.3 is 5.32 Å². The van der Waals surface area contributed by atoms with Crippen molar-refractivity contribution in [1.82, 2.24) is 5.32 Å². The van der Waals surface area contributed by atoms with Crippen molar-refractivity contribution in [1.29, 1.82) is 0 Å². The summed E-state index contributed by atoms with van der Waals surface area (Å²) in [4.78, 5) is 0. The lowest BCUT2D eigenvalue weighted by Gasteiger charge is -2.13. The molecule has 0 fully saturated rings. The zero-order valence-corrected chi connectivity index (χ0v) is 8.38. The third kappa shape index (κ3) is 2.94. The average Bonchev–Trinajstić information content (AvgIpc) is 2.18. The van der Waals surface area contributed by atoms with E-state index in [0.717, 1.165) is 12.1 Å². The van der Waals surface area contributed by atoms with Gasteiger partial charge >= 0.3 is 0 Å². The minimum atomic E-state index is 0.493. The summed E-state index contributed by atoms with van der Waals surface area (Å²) in [6.07, 6.45) is 1.06. The van der Waals surface area contributed by atoms with Gasteiger partial charge in [-0.1, -0.05) is 43.8 Å². The highest BCUT2D eigenvalue weighted by Crippen LogP contribution is 2.12. The Balaban J connectivity index is 2.55. The largest absolute Gasteiger partial charge is 0.392 e. The molecule has 0 bridgehead atoms. The summed E-state index contributed by atoms with van der Waals surface area (Å²) in [5.41, 5.74) is 2.47. The second-order valence-corrected chi connectivity index (χ2v) is 3.37. The van der Waals surface area contributed by atoms with Crippen LogP contribution >= 0.6 is 0 Å². The number of hydrogen-bond acceptors (Lipinski definition) is 1. The summed E-state index contributed by atoms with van der Waals surface area (Å²) < 4.78 is 0. The average molecular weight is 175 g/mol. The first kappa shape index (κ1) is 9.85. The van der Waals surface area contributed by atoms with Crippen LogP contribution in [0, 0.1) is 5.92 Å². The predicted octanol–water partition coefficient (Wildman–Crippen LogP) is 2.60. The summed E-state index contributed by atoms with van der Waals surface area (Å²) >= 11 is 0. The van der Waals surface area contributed by atoms with Gasteiger partial charge in [0.25, 0.3) is 0 Å². The van der Waals surface area contributed by atoms with Crippen LogP contribution in [0.25, 0.3) is 0 Å². The molecule has 0 heterocycles. The maximum atomic E-state index is 3.96. The Kier molecular flexibility index (Phi) is 3.56. The van der Waals surface area contributed by atoms with Crippen molar-refractivity contribution in [3.63, 3.8) is 0 Å². The number of allylic oxidation sites excluding steroid dienone is 1. The molecule has 1 nitrogen and oxygen atoms in total. The van der Waals surface area contributed by atoms with Crippen molar-refractivity contribution in [2.75, 3.05) is 7.05 Å². The van der Waals surface area contributed by atoms with Gasteiger partial charge in [0.2, 0.25) is 0 Å². The van der Waals surface area contributed by atoms with Crippen molar-refractivity contribution >= 4 is 0 Å². The van der Waals surface area contributed by atoms with Crippen molar-refractivity contribution < 1.29 is 0 Å². The lowest BCUT2D eigenvalue weighted by atomic mass is 9.99. The van der Waals surface area contributed by atoms with E-state index in [9.17, 15) is 0 Å². The zero-order chi connectivity index (χ0) is 9.68. The molecule has 1 heteroatoms. The van der Waals surface area contributed by atoms with Crippen LogP contribution in [-0.4, -0.2) is 7.05 Å². The topological polar surface area (TPSA) is 12.0 Å². The second kappa shape index (κ2) is 4.70. The third-order valence-electron chi connectivity index (χ3n) is 2.30. The summed E-state index contributed by atoms with van der Waals surface area (Å²) in [6, 6.07) is 10.5. The molecule has 0 aliphatic rings. The fraction of sp³-hybridized carbons (Fsp3) is 0.333. The smallest absolute Gasteiger partial charge is 0.00631 e. The van der Waals surface area contributed by atoms with Crippen molar-refractivity contribution in [3.8, 4) is 0 Å². The molecule has 1 N–H and O–H groups in total. The van der Waals surface area contributed by atoms with E-state index in [2.05, 4.69) is 43.1 Å². The third-order valence-corrected chi connectivity index (χ3v) is 2.30. The minimum absolute atomic E-state index is 0.493. The first-order valence-electron chi connectivity index (χ1n) is 4.64. The second-order valence-electron chi connectivity index (χ2n) is 3.37. The van der Waals surface area contributed by atoms with E-state index >= 15 is 0 Å². The minimum Gasteiger partial charge on any atom is -0.392 e. The summed E-state index contributed by atoms with van der Waals surface area (Å²) in [5, 5.41) is 3.09. The molecule has 0 aliphatic carbocycles. The normalized spacial score (nSPS) is 12.2. The molecular weight excluding hydrogens is 158 g/mol. The van der Waals surface area contributed by atoms with Crippen LogP contribution < -0.4 is 5.32 Å². The Bertz CT molecular complexity index is 264. The molecule has 0 radical (unpaired) electrons. The quantitative estimate of drug-likeness (QED) is 0.741. The SMILES string of the molecule is C=C(NC)[C@H](C)Cc1ccccc1. The fourth-order valence-electron chi connectivity index (χ4n) is 1.34. The molecule has 0 saturated carbocycles. The predicted molar refractivity (Wildman–Crippen MR) is 57.5 cm³/mol. The highest BCUT2D eigenvalue weighted by Gasteiger charge is 2.05. The Morgan fingerprint density at radius 2 is 2.00 bits per heavy atom. The first-order chi connectivity index (χ1) is 6.24. The number of rotatable bonds is 4. The van der Waals surface area contributed by atoms with Crippen molar-refractivity contribution in [3.05, 3.63) is 48.2 Å². The van der Waals surface area contributed by atoms with Gasteiger partial charge in [0.1, 0.15) is 0 Å². The molecule has 1 aromatic carbocycles. The van der Waals surface area contributed by atoms with Crippen LogP contribution in [0.5, 0.6) is 0 Å². The summed E-state index contributed by atoms with van der Waals surface area (Å²) in [6.45, 7) is 6.14. The van der Waals surface area contributed by atoms with E-state index in [1.54, 1.807) is 0 Å². The molecule has 0 amide bonds. The Morgan fingerprint density at radius 1 is 1.38 bits per heavy atom. The number of benzene rings is 1. The molecule has 0 unspecified atom stereocenters. The van der Waals surface area contributed by atoms with Gasteiger partial charge in [-0.25, -0.2) is 0 Å². The van der Waals surface area contributed by atoms with Gasteiger partial charge in [0.15, 0.2) is 0 Å². The van der Waals surface area contributed by atoms with Crippen LogP contribution in [0.1, 0.15) is 12.5 Å². The molecular formula is C12H17N. The summed E-state index contributed by atoms with van der Waals surface area (Å²) in [5.74, 6) is 0.493. The maximum Gasteiger partial charge on any atom is 0.00631 e. The van der Waals surface area contributed by atoms with Crippen LogP contribution in [0.15, 0.2) is 42.6 Å². The highest BCUT2D eigenvalue weighted by atomic mass is 14.8. The molecule has 70 valence electrons. The molecule has 0 spiro atoms. The summed E-state index contributed by atoms with van der Waals surface area (Å²) in [7, 11) is 1.92. The highest BCUT2D eigenvalue weighted by molar-refractivity contribution is 5.17. The monoisotopic (exact) mass is 175 g/mol. The van der Waals surface area contributed by atoms with Gasteiger partial charge in [-0.05, 0) is 17.9 Å². The van der Waals surface area contributed by atoms with Gasteiger partial charge in [-0.3, -0.25) is 0 Å². The van der Waals surface area contributed by atoms with Gasteiger partial charge in [0.05, 0.1) is 0 Å². The molecule has 0 aromatic heterocycles. The van der Waals surface area contributed by atoms with Crippen LogP contribution in [0.4, 0.5) is 0 Å². The first-order valence-corrected chi connectivity index (χ1v) is 4.64. The fourth-order valence-corrected chi connectivity index (χ4v) is 1.34. The lowest BCUT2D eigenvalue weighted by Crippen LogP contribution is -2.14. The lowest BCUT2D eigenvalue weighted by molar-refractivity contribution is 0.633. The van der Waals surface area contributed by atoms with Crippen LogP contribution in [-0.2, 0) is 6.42 Å². The Hall–Kier alpha value is -1.24. The van der Waals surface area contributed by atoms with Gasteiger partial charge in [-0.2, -0.15) is 0 Å². The van der Waals surface area contributed by atoms with Crippen molar-refractivity contribution in [2.45, 2.75) is 13.3 Å². The van der Waals surface area contributed by atoms with E-state index in [1.165, 1.54) is 5.56 Å². The standard InChI is InChI=1S/C12H17N/c1-10(11(2)13-3)9-12-7-5-4-6-8-12/h4-8,10,13H,2,9H2,1,3H3/t10-/m1/s1.